The topological polar surface area (TPSA) is 65.5 Å². The highest BCUT2D eigenvalue weighted by Gasteiger charge is 2.41. The van der Waals surface area contributed by atoms with Crippen LogP contribution in [-0.2, 0) is 11.3 Å². The van der Waals surface area contributed by atoms with Crippen LogP contribution in [0.5, 0.6) is 0 Å². The second-order valence-electron chi connectivity index (χ2n) is 8.65. The van der Waals surface area contributed by atoms with Crippen molar-refractivity contribution in [2.24, 2.45) is 5.41 Å². The van der Waals surface area contributed by atoms with Gasteiger partial charge in [-0.3, -0.25) is 9.78 Å². The highest BCUT2D eigenvalue weighted by atomic mass is 16.2. The fourth-order valence-electron chi connectivity index (χ4n) is 4.47. The van der Waals surface area contributed by atoms with E-state index in [0.717, 1.165) is 61.9 Å². The third kappa shape index (κ3) is 4.33. The first-order valence-electron chi connectivity index (χ1n) is 10.4. The molecule has 1 amide bonds. The number of carbonyl (C=O) groups excluding carboxylic acids is 1. The molecule has 0 saturated carbocycles. The molecule has 1 spiro atoms. The molecule has 0 bridgehead atoms. The number of likely N-dealkylation sites (tertiary alicyclic amines) is 1. The molecule has 2 aromatic heterocycles. The molecule has 2 saturated heterocycles. The van der Waals surface area contributed by atoms with Crippen molar-refractivity contribution < 1.29 is 4.79 Å². The van der Waals surface area contributed by atoms with E-state index in [-0.39, 0.29) is 11.3 Å². The Morgan fingerprint density at radius 3 is 2.52 bits per heavy atom. The average molecular weight is 395 g/mol. The maximum atomic E-state index is 12.5. The van der Waals surface area contributed by atoms with Crippen molar-refractivity contribution in [2.75, 3.05) is 43.5 Å². The van der Waals surface area contributed by atoms with Crippen LogP contribution in [0.1, 0.15) is 36.9 Å². The number of amides is 1. The predicted octanol–water partition coefficient (Wildman–Crippen LogP) is 2.66. The minimum atomic E-state index is 0.226. The Balaban J connectivity index is 1.43. The summed E-state index contributed by atoms with van der Waals surface area (Å²) in [6.45, 7) is 5.51. The molecule has 154 valence electrons. The van der Waals surface area contributed by atoms with Crippen LogP contribution >= 0.6 is 0 Å². The van der Waals surface area contributed by atoms with Gasteiger partial charge in [-0.2, -0.15) is 4.98 Å². The van der Waals surface area contributed by atoms with Gasteiger partial charge in [0.05, 0.1) is 0 Å². The van der Waals surface area contributed by atoms with E-state index in [1.165, 1.54) is 0 Å². The number of hydrogen-bond acceptors (Lipinski definition) is 6. The highest BCUT2D eigenvalue weighted by molar-refractivity contribution is 5.77. The van der Waals surface area contributed by atoms with Crippen molar-refractivity contribution in [3.63, 3.8) is 0 Å². The van der Waals surface area contributed by atoms with E-state index in [1.807, 2.05) is 43.0 Å². The third-order valence-corrected chi connectivity index (χ3v) is 6.25. The zero-order valence-corrected chi connectivity index (χ0v) is 17.6. The number of carbonyl (C=O) groups is 1. The van der Waals surface area contributed by atoms with Crippen LogP contribution in [0.3, 0.4) is 0 Å². The zero-order chi connectivity index (χ0) is 20.4. The Morgan fingerprint density at radius 2 is 1.83 bits per heavy atom. The van der Waals surface area contributed by atoms with Crippen LogP contribution in [0.4, 0.5) is 11.8 Å². The summed E-state index contributed by atoms with van der Waals surface area (Å²) < 4.78 is 0. The maximum Gasteiger partial charge on any atom is 0.226 e. The number of piperidine rings is 2. The Morgan fingerprint density at radius 1 is 1.10 bits per heavy atom. The fourth-order valence-corrected chi connectivity index (χ4v) is 4.47. The van der Waals surface area contributed by atoms with E-state index < -0.39 is 0 Å². The molecule has 4 rings (SSSR count). The molecular weight excluding hydrogens is 364 g/mol. The largest absolute Gasteiger partial charge is 0.356 e. The number of pyridine rings is 1. The van der Waals surface area contributed by atoms with Gasteiger partial charge < -0.3 is 14.7 Å². The van der Waals surface area contributed by atoms with Gasteiger partial charge in [0, 0.05) is 70.8 Å². The van der Waals surface area contributed by atoms with Gasteiger partial charge in [-0.1, -0.05) is 0 Å². The summed E-state index contributed by atoms with van der Waals surface area (Å²) in [5.74, 6) is 2.04. The first-order chi connectivity index (χ1) is 13.9. The van der Waals surface area contributed by atoms with Gasteiger partial charge in [0.1, 0.15) is 5.82 Å². The molecular formula is C22H30N6O. The Kier molecular flexibility index (Phi) is 5.39. The van der Waals surface area contributed by atoms with E-state index in [4.69, 9.17) is 4.98 Å². The zero-order valence-electron chi connectivity index (χ0n) is 17.6. The van der Waals surface area contributed by atoms with Gasteiger partial charge in [0.25, 0.3) is 0 Å². The molecule has 29 heavy (non-hydrogen) atoms. The lowest BCUT2D eigenvalue weighted by molar-refractivity contribution is -0.139. The molecule has 2 aliphatic heterocycles. The standard InChI is InChI=1S/C22H30N6O/c1-17-14-19(25-21(24-17)26(2)3)27-12-8-22(9-13-27)7-4-20(29)28(16-22)15-18-5-10-23-11-6-18/h5-6,10-11,14H,4,7-9,12-13,15-16H2,1-3H3. The number of hydrogen-bond donors (Lipinski definition) is 0. The van der Waals surface area contributed by atoms with E-state index in [2.05, 4.69) is 20.9 Å². The predicted molar refractivity (Wildman–Crippen MR) is 114 cm³/mol. The van der Waals surface area contributed by atoms with E-state index in [9.17, 15) is 4.79 Å². The molecule has 2 aromatic rings. The Hall–Kier alpha value is -2.70. The summed E-state index contributed by atoms with van der Waals surface area (Å²) in [6, 6.07) is 6.07. The van der Waals surface area contributed by atoms with Crippen molar-refractivity contribution in [3.05, 3.63) is 41.9 Å². The first kappa shape index (κ1) is 19.6. The fraction of sp³-hybridized carbons (Fsp3) is 0.545. The van der Waals surface area contributed by atoms with E-state index in [1.54, 1.807) is 12.4 Å². The molecule has 7 heteroatoms. The van der Waals surface area contributed by atoms with Gasteiger partial charge >= 0.3 is 0 Å². The molecule has 0 aromatic carbocycles. The molecule has 2 aliphatic rings. The summed E-state index contributed by atoms with van der Waals surface area (Å²) in [5.41, 5.74) is 2.37. The Labute approximate surface area is 172 Å². The quantitative estimate of drug-likeness (QED) is 0.794. The second kappa shape index (κ2) is 7.97. The number of anilines is 2. The van der Waals surface area contributed by atoms with Crippen molar-refractivity contribution in [1.82, 2.24) is 19.9 Å². The normalized spacial score (nSPS) is 18.9. The SMILES string of the molecule is Cc1cc(N2CCC3(CCC(=O)N(Cc4ccncc4)C3)CC2)nc(N(C)C)n1. The van der Waals surface area contributed by atoms with Crippen LogP contribution in [0.2, 0.25) is 0 Å². The molecule has 4 heterocycles. The maximum absolute atomic E-state index is 12.5. The van der Waals surface area contributed by atoms with Gasteiger partial charge in [-0.25, -0.2) is 4.98 Å². The summed E-state index contributed by atoms with van der Waals surface area (Å²) in [7, 11) is 3.94. The van der Waals surface area contributed by atoms with E-state index >= 15 is 0 Å². The van der Waals surface area contributed by atoms with Crippen LogP contribution in [0.25, 0.3) is 0 Å². The molecule has 0 unspecified atom stereocenters. The number of aromatic nitrogens is 3. The van der Waals surface area contributed by atoms with Gasteiger partial charge in [-0.05, 0) is 49.3 Å². The number of aryl methyl sites for hydroxylation is 1. The van der Waals surface area contributed by atoms with Crippen molar-refractivity contribution in [1.29, 1.82) is 0 Å². The second-order valence-corrected chi connectivity index (χ2v) is 8.65. The number of nitrogens with zero attached hydrogens (tertiary/aromatic N) is 6. The average Bonchev–Trinajstić information content (AvgIpc) is 2.72. The van der Waals surface area contributed by atoms with Gasteiger partial charge in [0.2, 0.25) is 11.9 Å². The lowest BCUT2D eigenvalue weighted by Gasteiger charge is -2.47. The van der Waals surface area contributed by atoms with E-state index in [0.29, 0.717) is 13.0 Å². The highest BCUT2D eigenvalue weighted by Crippen LogP contribution is 2.41. The van der Waals surface area contributed by atoms with Crippen molar-refractivity contribution in [2.45, 2.75) is 39.2 Å². The molecule has 0 radical (unpaired) electrons. The first-order valence-corrected chi connectivity index (χ1v) is 10.4. The monoisotopic (exact) mass is 394 g/mol. The minimum Gasteiger partial charge on any atom is -0.356 e. The minimum absolute atomic E-state index is 0.226. The van der Waals surface area contributed by atoms with Crippen molar-refractivity contribution >= 4 is 17.7 Å². The van der Waals surface area contributed by atoms with Gasteiger partial charge in [-0.15, -0.1) is 0 Å². The lowest BCUT2D eigenvalue weighted by atomic mass is 9.72. The third-order valence-electron chi connectivity index (χ3n) is 6.25. The summed E-state index contributed by atoms with van der Waals surface area (Å²) in [5, 5.41) is 0. The Bertz CT molecular complexity index is 861. The molecule has 0 aliphatic carbocycles. The molecule has 7 nitrogen and oxygen atoms in total. The summed E-state index contributed by atoms with van der Waals surface area (Å²) in [4.78, 5) is 32.2. The molecule has 0 N–H and O–H groups in total. The van der Waals surface area contributed by atoms with Crippen molar-refractivity contribution in [3.8, 4) is 0 Å². The van der Waals surface area contributed by atoms with Crippen LogP contribution < -0.4 is 9.80 Å². The summed E-state index contributed by atoms with van der Waals surface area (Å²) in [6.07, 6.45) is 7.43. The lowest BCUT2D eigenvalue weighted by Crippen LogP contribution is -2.51. The molecule has 0 atom stereocenters. The van der Waals surface area contributed by atoms with Crippen LogP contribution in [0.15, 0.2) is 30.6 Å². The van der Waals surface area contributed by atoms with Crippen LogP contribution in [-0.4, -0.2) is 59.5 Å². The smallest absolute Gasteiger partial charge is 0.226 e. The van der Waals surface area contributed by atoms with Crippen LogP contribution in [0, 0.1) is 12.3 Å². The van der Waals surface area contributed by atoms with Gasteiger partial charge in [0.15, 0.2) is 0 Å². The summed E-state index contributed by atoms with van der Waals surface area (Å²) >= 11 is 0. The number of rotatable bonds is 4. The molecule has 2 fully saturated rings.